The van der Waals surface area contributed by atoms with Crippen LogP contribution in [0.3, 0.4) is 0 Å². The summed E-state index contributed by atoms with van der Waals surface area (Å²) in [4.78, 5) is 38.7. The van der Waals surface area contributed by atoms with Crippen molar-refractivity contribution >= 4 is 30.1 Å². The fraction of sp³-hybridized carbons (Fsp3) is 0.571. The average molecular weight is 619 g/mol. The molecule has 2 aromatic rings. The van der Waals surface area contributed by atoms with Crippen LogP contribution in [-0.4, -0.2) is 65.6 Å². The maximum absolute atomic E-state index is 12.8. The largest absolute Gasteiger partial charge is 0.444 e. The molecule has 2 fully saturated rings. The molecule has 2 aromatic carbocycles. The van der Waals surface area contributed by atoms with Crippen LogP contribution in [0.4, 0.5) is 4.79 Å². The van der Waals surface area contributed by atoms with Crippen molar-refractivity contribution in [2.24, 2.45) is 0 Å². The first-order chi connectivity index (χ1) is 19.4. The van der Waals surface area contributed by atoms with Gasteiger partial charge < -0.3 is 15.2 Å². The smallest absolute Gasteiger partial charge is 0.410 e. The Bertz CT molecular complexity index is 1140. The van der Waals surface area contributed by atoms with Crippen LogP contribution >= 0.6 is 12.4 Å². The van der Waals surface area contributed by atoms with Gasteiger partial charge in [-0.3, -0.25) is 14.5 Å². The van der Waals surface area contributed by atoms with Crippen LogP contribution in [0.5, 0.6) is 0 Å². The predicted octanol–water partition coefficient (Wildman–Crippen LogP) is 6.65. The molecule has 2 N–H and O–H groups in total. The number of ether oxygens (including phenoxy) is 1. The minimum Gasteiger partial charge on any atom is -0.444 e. The molecule has 2 atom stereocenters. The lowest BCUT2D eigenvalue weighted by Gasteiger charge is -2.28. The third kappa shape index (κ3) is 12.0. The van der Waals surface area contributed by atoms with Gasteiger partial charge in [0.15, 0.2) is 11.6 Å². The number of aliphatic hydroxyl groups excluding tert-OH is 1. The standard InChI is InChI=1S/C19H27NO3.C14H19NO.CH4O.CH4.ClH/c1-13-8-6-9-14(2)15(13)12-17(21)16-10-7-11-20(16)18(22)23-19(3,4)5;1-10-5-3-6-11(2)12(10)9-14(16)13-7-4-8-15-13;1-2;;/h6,8-9,16H,7,10-12H2,1-5H3;3,5-6,13,15H,4,7-9H2,1-2H3;2H,1H3;1H4;1H. The number of rotatable bonds is 6. The molecule has 0 aliphatic carbocycles. The Morgan fingerprint density at radius 2 is 1.30 bits per heavy atom. The number of aryl methyl sites for hydroxylation is 4. The van der Waals surface area contributed by atoms with Crippen molar-refractivity contribution in [3.05, 3.63) is 69.8 Å². The van der Waals surface area contributed by atoms with Crippen LogP contribution in [0.1, 0.15) is 87.3 Å². The first-order valence-electron chi connectivity index (χ1n) is 14.7. The summed E-state index contributed by atoms with van der Waals surface area (Å²) >= 11 is 0. The van der Waals surface area contributed by atoms with E-state index in [1.165, 1.54) is 16.7 Å². The van der Waals surface area contributed by atoms with Gasteiger partial charge in [-0.15, -0.1) is 12.4 Å². The van der Waals surface area contributed by atoms with Gasteiger partial charge in [-0.2, -0.15) is 0 Å². The molecule has 2 aliphatic rings. The normalized spacial score (nSPS) is 17.3. The molecule has 2 aliphatic heterocycles. The zero-order chi connectivity index (χ0) is 30.7. The van der Waals surface area contributed by atoms with E-state index < -0.39 is 5.60 Å². The Morgan fingerprint density at radius 1 is 0.837 bits per heavy atom. The first kappa shape index (κ1) is 40.3. The maximum Gasteiger partial charge on any atom is 0.410 e. The third-order valence-corrected chi connectivity index (χ3v) is 7.69. The molecule has 7 nitrogen and oxygen atoms in total. The lowest BCUT2D eigenvalue weighted by atomic mass is 9.95. The highest BCUT2D eigenvalue weighted by Crippen LogP contribution is 2.24. The molecule has 2 saturated heterocycles. The summed E-state index contributed by atoms with van der Waals surface area (Å²) in [6.07, 6.45) is 4.28. The number of ketones is 2. The van der Waals surface area contributed by atoms with E-state index >= 15 is 0 Å². The van der Waals surface area contributed by atoms with E-state index in [1.807, 2.05) is 58.9 Å². The number of Topliss-reactive ketones (excluding diaryl/α,β-unsaturated/α-hetero) is 2. The number of likely N-dealkylation sites (tertiary alicyclic amines) is 1. The van der Waals surface area contributed by atoms with E-state index in [4.69, 9.17) is 9.84 Å². The number of carbonyl (C=O) groups is 3. The van der Waals surface area contributed by atoms with Crippen LogP contribution in [0.25, 0.3) is 0 Å². The number of benzene rings is 2. The van der Waals surface area contributed by atoms with Gasteiger partial charge in [0.1, 0.15) is 5.60 Å². The molecular weight excluding hydrogens is 564 g/mol. The van der Waals surface area contributed by atoms with Gasteiger partial charge in [0.2, 0.25) is 0 Å². The second kappa shape index (κ2) is 18.8. The number of halogens is 1. The van der Waals surface area contributed by atoms with Crippen molar-refractivity contribution in [1.82, 2.24) is 10.2 Å². The summed E-state index contributed by atoms with van der Waals surface area (Å²) in [6.45, 7) is 15.3. The van der Waals surface area contributed by atoms with Gasteiger partial charge in [-0.05, 0) is 114 Å². The SMILES string of the molecule is C.CO.Cc1cccc(C)c1CC(=O)C1CCCN1.Cc1cccc(C)c1CC(=O)C1CCCN1C(=O)OC(C)(C)C.Cl. The molecule has 0 aromatic heterocycles. The summed E-state index contributed by atoms with van der Waals surface area (Å²) in [5.74, 6) is 0.445. The van der Waals surface area contributed by atoms with E-state index in [-0.39, 0.29) is 43.8 Å². The van der Waals surface area contributed by atoms with Crippen molar-refractivity contribution in [1.29, 1.82) is 0 Å². The van der Waals surface area contributed by atoms with Gasteiger partial charge in [0.25, 0.3) is 0 Å². The summed E-state index contributed by atoms with van der Waals surface area (Å²) in [7, 11) is 1.00. The molecule has 1 amide bonds. The molecule has 242 valence electrons. The Balaban J connectivity index is 0.000000779. The number of hydrogen-bond donors (Lipinski definition) is 2. The van der Waals surface area contributed by atoms with Gasteiger partial charge in [-0.25, -0.2) is 4.79 Å². The van der Waals surface area contributed by atoms with Crippen molar-refractivity contribution in [3.8, 4) is 0 Å². The summed E-state index contributed by atoms with van der Waals surface area (Å²) < 4.78 is 5.43. The predicted molar refractivity (Wildman–Crippen MR) is 178 cm³/mol. The fourth-order valence-electron chi connectivity index (χ4n) is 5.45. The lowest BCUT2D eigenvalue weighted by molar-refractivity contribution is -0.122. The Kier molecular flexibility index (Phi) is 17.6. The molecule has 2 heterocycles. The van der Waals surface area contributed by atoms with Crippen molar-refractivity contribution in [2.75, 3.05) is 20.2 Å². The van der Waals surface area contributed by atoms with Crippen LogP contribution in [0.2, 0.25) is 0 Å². The molecule has 0 spiro atoms. The minimum absolute atomic E-state index is 0. The van der Waals surface area contributed by atoms with Crippen LogP contribution in [0, 0.1) is 27.7 Å². The molecular formula is C35H55ClN2O5. The van der Waals surface area contributed by atoms with Gasteiger partial charge in [0.05, 0.1) is 12.1 Å². The molecule has 0 bridgehead atoms. The molecule has 2 unspecified atom stereocenters. The van der Waals surface area contributed by atoms with E-state index in [2.05, 4.69) is 31.3 Å². The van der Waals surface area contributed by atoms with E-state index in [0.29, 0.717) is 25.2 Å². The zero-order valence-electron chi connectivity index (χ0n) is 26.7. The Morgan fingerprint density at radius 3 is 1.72 bits per heavy atom. The van der Waals surface area contributed by atoms with Gasteiger partial charge >= 0.3 is 6.09 Å². The highest BCUT2D eigenvalue weighted by molar-refractivity contribution is 5.90. The van der Waals surface area contributed by atoms with Gasteiger partial charge in [-0.1, -0.05) is 43.8 Å². The highest BCUT2D eigenvalue weighted by atomic mass is 35.5. The van der Waals surface area contributed by atoms with Gasteiger partial charge in [0, 0.05) is 26.5 Å². The molecule has 0 radical (unpaired) electrons. The average Bonchev–Trinajstić information content (AvgIpc) is 3.62. The number of carbonyl (C=O) groups excluding carboxylic acids is 3. The topological polar surface area (TPSA) is 95.9 Å². The maximum atomic E-state index is 12.8. The van der Waals surface area contributed by atoms with Crippen LogP contribution < -0.4 is 5.32 Å². The number of nitrogens with zero attached hydrogens (tertiary/aromatic N) is 1. The van der Waals surface area contributed by atoms with Crippen molar-refractivity contribution in [3.63, 3.8) is 0 Å². The van der Waals surface area contributed by atoms with Crippen LogP contribution in [-0.2, 0) is 27.2 Å². The summed E-state index contributed by atoms with van der Waals surface area (Å²) in [5.41, 5.74) is 6.45. The number of hydrogen-bond acceptors (Lipinski definition) is 6. The Hall–Kier alpha value is -2.74. The molecule has 8 heteroatoms. The van der Waals surface area contributed by atoms with Crippen molar-refractivity contribution < 1.29 is 24.2 Å². The quantitative estimate of drug-likeness (QED) is 0.376. The lowest BCUT2D eigenvalue weighted by Crippen LogP contribution is -2.43. The Labute approximate surface area is 266 Å². The monoisotopic (exact) mass is 618 g/mol. The second-order valence-corrected chi connectivity index (χ2v) is 12.0. The number of amides is 1. The molecule has 0 saturated carbocycles. The second-order valence-electron chi connectivity index (χ2n) is 12.0. The molecule has 43 heavy (non-hydrogen) atoms. The molecule has 4 rings (SSSR count). The van der Waals surface area contributed by atoms with E-state index in [1.54, 1.807) is 4.90 Å². The third-order valence-electron chi connectivity index (χ3n) is 7.69. The summed E-state index contributed by atoms with van der Waals surface area (Å²) in [5, 5.41) is 10.3. The minimum atomic E-state index is -0.542. The van der Waals surface area contributed by atoms with E-state index in [9.17, 15) is 14.4 Å². The first-order valence-corrected chi connectivity index (χ1v) is 14.7. The zero-order valence-corrected chi connectivity index (χ0v) is 27.5. The van der Waals surface area contributed by atoms with E-state index in [0.717, 1.165) is 56.0 Å². The van der Waals surface area contributed by atoms with Crippen LogP contribution in [0.15, 0.2) is 36.4 Å². The fourth-order valence-corrected chi connectivity index (χ4v) is 5.45. The number of aliphatic hydroxyl groups is 1. The summed E-state index contributed by atoms with van der Waals surface area (Å²) in [6, 6.07) is 12.0. The number of nitrogens with one attached hydrogen (secondary N) is 1. The highest BCUT2D eigenvalue weighted by Gasteiger charge is 2.36. The van der Waals surface area contributed by atoms with Crippen molar-refractivity contribution in [2.45, 2.75) is 112 Å².